The molecule has 0 atom stereocenters. The lowest BCUT2D eigenvalue weighted by molar-refractivity contribution is -0.133. The monoisotopic (exact) mass is 359 g/mol. The zero-order valence-corrected chi connectivity index (χ0v) is 13.9. The van der Waals surface area contributed by atoms with Gasteiger partial charge < -0.3 is 10.4 Å². The summed E-state index contributed by atoms with van der Waals surface area (Å²) < 4.78 is 1.01. The Labute approximate surface area is 131 Å². The van der Waals surface area contributed by atoms with Crippen LogP contribution in [0.3, 0.4) is 0 Å². The highest BCUT2D eigenvalue weighted by molar-refractivity contribution is 9.10. The minimum Gasteiger partial charge on any atom is -0.481 e. The molecule has 1 rings (SSSR count). The second-order valence-electron chi connectivity index (χ2n) is 5.03. The first-order valence-electron chi connectivity index (χ1n) is 6.14. The Balaban J connectivity index is 2.49. The number of carbonyl (C=O) groups excluding carboxylic acids is 1. The molecule has 0 unspecified atom stereocenters. The Hall–Kier alpha value is -1.01. The normalized spacial score (nSPS) is 11.2. The molecule has 0 fully saturated rings. The standard InChI is InChI=1S/C14H18BrNO3S/c1-14(2,10-5-3-4-6-11(10)15)9-16-12(17)7-20-8-13(18)19/h3-6H,7-9H2,1-2H3,(H,16,17)(H,18,19). The van der Waals surface area contributed by atoms with E-state index in [1.54, 1.807) is 0 Å². The molecule has 0 heterocycles. The number of hydrogen-bond acceptors (Lipinski definition) is 3. The maximum atomic E-state index is 11.7. The van der Waals surface area contributed by atoms with Gasteiger partial charge in [-0.15, -0.1) is 11.8 Å². The molecule has 1 aromatic carbocycles. The Bertz CT molecular complexity index is 491. The van der Waals surface area contributed by atoms with Crippen molar-refractivity contribution in [3.05, 3.63) is 34.3 Å². The van der Waals surface area contributed by atoms with E-state index in [0.717, 1.165) is 21.8 Å². The molecule has 4 nitrogen and oxygen atoms in total. The maximum absolute atomic E-state index is 11.7. The highest BCUT2D eigenvalue weighted by atomic mass is 79.9. The summed E-state index contributed by atoms with van der Waals surface area (Å²) in [7, 11) is 0. The highest BCUT2D eigenvalue weighted by Gasteiger charge is 2.23. The number of benzene rings is 1. The molecule has 2 N–H and O–H groups in total. The molecule has 0 saturated heterocycles. The van der Waals surface area contributed by atoms with Crippen LogP contribution >= 0.6 is 27.7 Å². The van der Waals surface area contributed by atoms with Crippen LogP contribution in [0.15, 0.2) is 28.7 Å². The number of thioether (sulfide) groups is 1. The highest BCUT2D eigenvalue weighted by Crippen LogP contribution is 2.29. The van der Waals surface area contributed by atoms with Crippen LogP contribution < -0.4 is 5.32 Å². The van der Waals surface area contributed by atoms with Crippen molar-refractivity contribution in [2.75, 3.05) is 18.1 Å². The Kier molecular flexibility index (Phi) is 6.55. The lowest BCUT2D eigenvalue weighted by Crippen LogP contribution is -2.37. The minimum absolute atomic E-state index is 0.0545. The fourth-order valence-electron chi connectivity index (χ4n) is 1.71. The van der Waals surface area contributed by atoms with Crippen LogP contribution in [0.1, 0.15) is 19.4 Å². The van der Waals surface area contributed by atoms with Crippen LogP contribution in [-0.2, 0) is 15.0 Å². The fourth-order valence-corrected chi connectivity index (χ4v) is 3.09. The smallest absolute Gasteiger partial charge is 0.313 e. The number of carboxylic acid groups (broad SMARTS) is 1. The topological polar surface area (TPSA) is 66.4 Å². The van der Waals surface area contributed by atoms with Gasteiger partial charge >= 0.3 is 5.97 Å². The second-order valence-corrected chi connectivity index (χ2v) is 6.87. The van der Waals surface area contributed by atoms with Gasteiger partial charge in [0, 0.05) is 16.4 Å². The number of amides is 1. The van der Waals surface area contributed by atoms with Gasteiger partial charge in [-0.05, 0) is 11.6 Å². The first-order valence-corrected chi connectivity index (χ1v) is 8.09. The molecule has 0 bridgehead atoms. The van der Waals surface area contributed by atoms with E-state index in [0.29, 0.717) is 6.54 Å². The van der Waals surface area contributed by atoms with Gasteiger partial charge in [-0.1, -0.05) is 48.0 Å². The Morgan fingerprint density at radius 2 is 1.95 bits per heavy atom. The summed E-state index contributed by atoms with van der Waals surface area (Å²) in [4.78, 5) is 22.0. The molecule has 0 radical (unpaired) electrons. The van der Waals surface area contributed by atoms with Crippen molar-refractivity contribution in [1.29, 1.82) is 0 Å². The number of carbonyl (C=O) groups is 2. The zero-order valence-electron chi connectivity index (χ0n) is 11.5. The third kappa shape index (κ3) is 5.54. The molecule has 6 heteroatoms. The summed E-state index contributed by atoms with van der Waals surface area (Å²) in [5.41, 5.74) is 0.922. The summed E-state index contributed by atoms with van der Waals surface area (Å²) in [6, 6.07) is 7.91. The molecule has 0 aliphatic carbocycles. The minimum atomic E-state index is -0.906. The number of hydrogen-bond donors (Lipinski definition) is 2. The molecule has 1 amide bonds. The average molecular weight is 360 g/mol. The van der Waals surface area contributed by atoms with Gasteiger partial charge in [0.15, 0.2) is 0 Å². The lowest BCUT2D eigenvalue weighted by Gasteiger charge is -2.26. The number of aliphatic carboxylic acids is 1. The van der Waals surface area contributed by atoms with E-state index in [1.807, 2.05) is 24.3 Å². The predicted octanol–water partition coefficient (Wildman–Crippen LogP) is 2.66. The molecule has 0 aliphatic heterocycles. The molecular formula is C14H18BrNO3S. The van der Waals surface area contributed by atoms with E-state index in [1.165, 1.54) is 0 Å². The maximum Gasteiger partial charge on any atom is 0.313 e. The van der Waals surface area contributed by atoms with Crippen molar-refractivity contribution >= 4 is 39.6 Å². The predicted molar refractivity (Wildman–Crippen MR) is 85.1 cm³/mol. The van der Waals surface area contributed by atoms with Crippen molar-refractivity contribution in [3.63, 3.8) is 0 Å². The molecule has 0 aromatic heterocycles. The number of carboxylic acids is 1. The summed E-state index contributed by atoms with van der Waals surface area (Å²) in [5.74, 6) is -0.938. The van der Waals surface area contributed by atoms with Crippen LogP contribution in [0.4, 0.5) is 0 Å². The molecular weight excluding hydrogens is 342 g/mol. The molecule has 0 aliphatic rings. The first-order chi connectivity index (χ1) is 9.33. The fraction of sp³-hybridized carbons (Fsp3) is 0.429. The van der Waals surface area contributed by atoms with Crippen LogP contribution in [0.25, 0.3) is 0 Å². The second kappa shape index (κ2) is 7.69. The van der Waals surface area contributed by atoms with E-state index < -0.39 is 5.97 Å². The molecule has 0 saturated carbocycles. The van der Waals surface area contributed by atoms with E-state index in [4.69, 9.17) is 5.11 Å². The lowest BCUT2D eigenvalue weighted by atomic mass is 9.84. The summed E-state index contributed by atoms with van der Waals surface area (Å²) in [6.45, 7) is 4.61. The Morgan fingerprint density at radius 3 is 2.55 bits per heavy atom. The van der Waals surface area contributed by atoms with Crippen molar-refractivity contribution in [3.8, 4) is 0 Å². The third-order valence-electron chi connectivity index (χ3n) is 2.79. The molecule has 0 spiro atoms. The van der Waals surface area contributed by atoms with Gasteiger partial charge in [-0.2, -0.15) is 0 Å². The quantitative estimate of drug-likeness (QED) is 0.785. The van der Waals surface area contributed by atoms with Crippen molar-refractivity contribution in [2.45, 2.75) is 19.3 Å². The van der Waals surface area contributed by atoms with Gasteiger partial charge in [0.25, 0.3) is 0 Å². The van der Waals surface area contributed by atoms with E-state index >= 15 is 0 Å². The number of rotatable bonds is 7. The van der Waals surface area contributed by atoms with Crippen LogP contribution in [0, 0.1) is 0 Å². The summed E-state index contributed by atoms with van der Waals surface area (Å²) in [5, 5.41) is 11.4. The summed E-state index contributed by atoms with van der Waals surface area (Å²) in [6.07, 6.45) is 0. The van der Waals surface area contributed by atoms with Gasteiger partial charge in [0.2, 0.25) is 5.91 Å². The number of halogens is 1. The van der Waals surface area contributed by atoms with E-state index in [2.05, 4.69) is 35.1 Å². The van der Waals surface area contributed by atoms with Gasteiger partial charge in [-0.25, -0.2) is 0 Å². The van der Waals surface area contributed by atoms with Crippen molar-refractivity contribution in [2.24, 2.45) is 0 Å². The molecule has 110 valence electrons. The van der Waals surface area contributed by atoms with Gasteiger partial charge in [-0.3, -0.25) is 9.59 Å². The van der Waals surface area contributed by atoms with Crippen LogP contribution in [0.5, 0.6) is 0 Å². The number of nitrogens with one attached hydrogen (secondary N) is 1. The Morgan fingerprint density at radius 1 is 1.30 bits per heavy atom. The first kappa shape index (κ1) is 17.0. The third-order valence-corrected chi connectivity index (χ3v) is 4.40. The van der Waals surface area contributed by atoms with Crippen molar-refractivity contribution in [1.82, 2.24) is 5.32 Å². The van der Waals surface area contributed by atoms with Crippen molar-refractivity contribution < 1.29 is 14.7 Å². The molecule has 20 heavy (non-hydrogen) atoms. The SMILES string of the molecule is CC(C)(CNC(=O)CSCC(=O)O)c1ccccc1Br. The van der Waals surface area contributed by atoms with Crippen LogP contribution in [-0.4, -0.2) is 35.0 Å². The van der Waals surface area contributed by atoms with E-state index in [9.17, 15) is 9.59 Å². The average Bonchev–Trinajstić information content (AvgIpc) is 2.36. The zero-order chi connectivity index (χ0) is 15.2. The van der Waals surface area contributed by atoms with Gasteiger partial charge in [0.1, 0.15) is 0 Å². The van der Waals surface area contributed by atoms with Gasteiger partial charge in [0.05, 0.1) is 11.5 Å². The molecule has 1 aromatic rings. The summed E-state index contributed by atoms with van der Waals surface area (Å²) >= 11 is 4.61. The largest absolute Gasteiger partial charge is 0.481 e. The van der Waals surface area contributed by atoms with Crippen LogP contribution in [0.2, 0.25) is 0 Å². The van der Waals surface area contributed by atoms with E-state index in [-0.39, 0.29) is 22.8 Å².